The largest absolute Gasteiger partial charge is 0.461 e. The Morgan fingerprint density at radius 1 is 1.20 bits per heavy atom. The molecule has 9 nitrogen and oxygen atoms in total. The number of aromatic nitrogens is 4. The summed E-state index contributed by atoms with van der Waals surface area (Å²) in [5, 5.41) is 5.20. The third kappa shape index (κ3) is 4.76. The van der Waals surface area contributed by atoms with Crippen LogP contribution in [-0.4, -0.2) is 87.5 Å². The lowest BCUT2D eigenvalue weighted by Crippen LogP contribution is -2.43. The lowest BCUT2D eigenvalue weighted by Gasteiger charge is -2.31. The van der Waals surface area contributed by atoms with E-state index in [0.717, 1.165) is 49.9 Å². The van der Waals surface area contributed by atoms with Crippen LogP contribution in [0.2, 0.25) is 0 Å². The molecule has 7 rings (SSSR count). The third-order valence-corrected chi connectivity index (χ3v) is 9.85. The molecule has 1 aliphatic carbocycles. The summed E-state index contributed by atoms with van der Waals surface area (Å²) in [6.07, 6.45) is 4.26. The molecular formula is C29H34BrF2N7O2. The molecule has 5 heterocycles. The van der Waals surface area contributed by atoms with Gasteiger partial charge in [0.2, 0.25) is 0 Å². The van der Waals surface area contributed by atoms with Crippen LogP contribution in [0.25, 0.3) is 10.9 Å². The summed E-state index contributed by atoms with van der Waals surface area (Å²) in [4.78, 5) is 27.9. The van der Waals surface area contributed by atoms with Gasteiger partial charge < -0.3 is 14.5 Å². The summed E-state index contributed by atoms with van der Waals surface area (Å²) in [5.74, 6) is 0.357. The highest BCUT2D eigenvalue weighted by Crippen LogP contribution is 2.47. The Morgan fingerprint density at radius 3 is 2.80 bits per heavy atom. The number of ether oxygens (including phenoxy) is 1. The van der Waals surface area contributed by atoms with Gasteiger partial charge in [-0.3, -0.25) is 14.4 Å². The molecule has 2 saturated heterocycles. The molecule has 1 aromatic carbocycles. The van der Waals surface area contributed by atoms with Gasteiger partial charge in [0.1, 0.15) is 24.1 Å². The molecular weight excluding hydrogens is 596 g/mol. The van der Waals surface area contributed by atoms with Gasteiger partial charge in [0.25, 0.3) is 5.91 Å². The number of amides is 1. The van der Waals surface area contributed by atoms with Crippen LogP contribution >= 0.6 is 15.9 Å². The highest BCUT2D eigenvalue weighted by atomic mass is 79.9. The maximum Gasteiger partial charge on any atom is 0.319 e. The summed E-state index contributed by atoms with van der Waals surface area (Å²) < 4.78 is 38.9. The van der Waals surface area contributed by atoms with Crippen molar-refractivity contribution in [3.63, 3.8) is 0 Å². The summed E-state index contributed by atoms with van der Waals surface area (Å²) >= 11 is 3.50. The van der Waals surface area contributed by atoms with Gasteiger partial charge >= 0.3 is 6.01 Å². The second kappa shape index (κ2) is 10.1. The fourth-order valence-electron chi connectivity index (χ4n) is 6.81. The number of hydrogen-bond acceptors (Lipinski definition) is 7. The number of benzene rings is 1. The number of nitrogens with zero attached hydrogens (tertiary/aromatic N) is 7. The van der Waals surface area contributed by atoms with Crippen molar-refractivity contribution < 1.29 is 18.3 Å². The molecule has 3 aliphatic heterocycles. The van der Waals surface area contributed by atoms with Gasteiger partial charge in [-0.25, -0.2) is 8.78 Å². The van der Waals surface area contributed by atoms with E-state index in [0.29, 0.717) is 59.9 Å². The topological polar surface area (TPSA) is 79.6 Å². The number of anilines is 1. The number of hydrogen-bond donors (Lipinski definition) is 0. The number of alkyl halides is 1. The molecule has 0 spiro atoms. The average molecular weight is 631 g/mol. The van der Waals surface area contributed by atoms with Gasteiger partial charge in [-0.1, -0.05) is 0 Å². The normalized spacial score (nSPS) is 24.4. The molecule has 0 bridgehead atoms. The Morgan fingerprint density at radius 2 is 2.02 bits per heavy atom. The third-order valence-electron chi connectivity index (χ3n) is 9.05. The molecule has 3 fully saturated rings. The van der Waals surface area contributed by atoms with E-state index in [1.54, 1.807) is 14.1 Å². The van der Waals surface area contributed by atoms with Crippen LogP contribution in [0.5, 0.6) is 6.01 Å². The lowest BCUT2D eigenvalue weighted by molar-refractivity contribution is 0.0821. The fraction of sp³-hybridized carbons (Fsp3) is 0.586. The lowest BCUT2D eigenvalue weighted by atomic mass is 9.95. The molecule has 41 heavy (non-hydrogen) atoms. The van der Waals surface area contributed by atoms with Gasteiger partial charge in [0.05, 0.1) is 22.3 Å². The summed E-state index contributed by atoms with van der Waals surface area (Å²) in [6, 6.07) is 3.95. The minimum Gasteiger partial charge on any atom is -0.461 e. The number of aryl methyl sites for hydroxylation is 1. The van der Waals surface area contributed by atoms with Crippen molar-refractivity contribution in [1.82, 2.24) is 29.5 Å². The summed E-state index contributed by atoms with van der Waals surface area (Å²) in [7, 11) is 3.42. The molecule has 3 aromatic rings. The summed E-state index contributed by atoms with van der Waals surface area (Å²) in [5.41, 5.74) is 2.07. The Balaban J connectivity index is 1.28. The smallest absolute Gasteiger partial charge is 0.319 e. The fourth-order valence-corrected chi connectivity index (χ4v) is 7.43. The monoisotopic (exact) mass is 629 g/mol. The molecule has 218 valence electrons. The molecule has 2 aromatic heterocycles. The van der Waals surface area contributed by atoms with E-state index in [9.17, 15) is 9.18 Å². The van der Waals surface area contributed by atoms with Crippen LogP contribution < -0.4 is 9.64 Å². The first-order valence-corrected chi connectivity index (χ1v) is 15.3. The number of fused-ring (bicyclic) bond motifs is 3. The minimum absolute atomic E-state index is 0.0993. The van der Waals surface area contributed by atoms with E-state index in [2.05, 4.69) is 35.8 Å². The Kier molecular flexibility index (Phi) is 6.68. The molecule has 12 heteroatoms. The van der Waals surface area contributed by atoms with Crippen LogP contribution in [0, 0.1) is 5.82 Å². The SMILES string of the molecule is CN(C)C(=O)c1cc2n(n1)CCCN(c1nc(OC[C@@]34CCCN3C[C@H](F)C4)nc3c(F)c(Br)c(C4CC4)cc13)C2. The van der Waals surface area contributed by atoms with Gasteiger partial charge in [-0.2, -0.15) is 15.1 Å². The standard InChI is InChI=1S/C29H34BrF2N7O2/c1-36(2)27(40)22-11-19-15-37(8-4-10-39(19)35-22)26-21-12-20(17-5-6-17)23(30)24(32)25(21)33-28(34-26)41-16-29-7-3-9-38(29)14-18(31)13-29/h11-12,17-18H,3-10,13-16H2,1-2H3/t18-,29+/m1/s1. The number of halogens is 3. The van der Waals surface area contributed by atoms with Crippen LogP contribution in [0.15, 0.2) is 16.6 Å². The van der Waals surface area contributed by atoms with Crippen molar-refractivity contribution in [2.75, 3.05) is 45.2 Å². The van der Waals surface area contributed by atoms with Crippen LogP contribution in [-0.2, 0) is 13.1 Å². The van der Waals surface area contributed by atoms with Gasteiger partial charge in [-0.05, 0) is 78.2 Å². The highest BCUT2D eigenvalue weighted by Gasteiger charge is 2.49. The van der Waals surface area contributed by atoms with Crippen molar-refractivity contribution in [1.29, 1.82) is 0 Å². The van der Waals surface area contributed by atoms with E-state index in [-0.39, 0.29) is 29.6 Å². The molecule has 2 atom stereocenters. The molecule has 1 saturated carbocycles. The second-order valence-electron chi connectivity index (χ2n) is 12.2. The molecule has 0 N–H and O–H groups in total. The van der Waals surface area contributed by atoms with Crippen molar-refractivity contribution in [2.24, 2.45) is 0 Å². The van der Waals surface area contributed by atoms with Crippen LogP contribution in [0.3, 0.4) is 0 Å². The van der Waals surface area contributed by atoms with E-state index in [1.165, 1.54) is 4.90 Å². The zero-order valence-corrected chi connectivity index (χ0v) is 25.0. The highest BCUT2D eigenvalue weighted by molar-refractivity contribution is 9.10. The maximum atomic E-state index is 15.9. The van der Waals surface area contributed by atoms with Crippen LogP contribution in [0.1, 0.15) is 66.2 Å². The zero-order valence-electron chi connectivity index (χ0n) is 23.4. The first-order valence-electron chi connectivity index (χ1n) is 14.5. The first kappa shape index (κ1) is 27.0. The van der Waals surface area contributed by atoms with Crippen LogP contribution in [0.4, 0.5) is 14.6 Å². The van der Waals surface area contributed by atoms with Crippen molar-refractivity contribution in [3.05, 3.63) is 39.4 Å². The Bertz CT molecular complexity index is 1530. The van der Waals surface area contributed by atoms with Gasteiger partial charge in [-0.15, -0.1) is 0 Å². The number of carbonyl (C=O) groups excluding carboxylic acids is 1. The molecule has 4 aliphatic rings. The second-order valence-corrected chi connectivity index (χ2v) is 13.0. The number of carbonyl (C=O) groups is 1. The van der Waals surface area contributed by atoms with Gasteiger partial charge in [0, 0.05) is 45.5 Å². The Hall–Kier alpha value is -2.86. The van der Waals surface area contributed by atoms with E-state index >= 15 is 4.39 Å². The summed E-state index contributed by atoms with van der Waals surface area (Å²) in [6.45, 7) is 3.34. The van der Waals surface area contributed by atoms with Crippen molar-refractivity contribution >= 4 is 38.6 Å². The molecule has 0 radical (unpaired) electrons. The first-order chi connectivity index (χ1) is 19.7. The maximum absolute atomic E-state index is 15.9. The number of rotatable bonds is 6. The quantitative estimate of drug-likeness (QED) is 0.392. The molecule has 0 unspecified atom stereocenters. The van der Waals surface area contributed by atoms with E-state index in [4.69, 9.17) is 9.72 Å². The zero-order chi connectivity index (χ0) is 28.5. The predicted octanol–water partition coefficient (Wildman–Crippen LogP) is 4.67. The van der Waals surface area contributed by atoms with Gasteiger partial charge in [0.15, 0.2) is 11.5 Å². The van der Waals surface area contributed by atoms with Crippen molar-refractivity contribution in [2.45, 2.75) is 69.2 Å². The predicted molar refractivity (Wildman–Crippen MR) is 154 cm³/mol. The minimum atomic E-state index is -0.868. The van der Waals surface area contributed by atoms with E-state index in [1.807, 2.05) is 16.8 Å². The average Bonchev–Trinajstić information content (AvgIpc) is 3.56. The van der Waals surface area contributed by atoms with E-state index < -0.39 is 12.0 Å². The van der Waals surface area contributed by atoms with Crippen molar-refractivity contribution in [3.8, 4) is 6.01 Å². The Labute approximate surface area is 246 Å². The molecule has 1 amide bonds.